The van der Waals surface area contributed by atoms with Crippen molar-refractivity contribution in [3.8, 4) is 0 Å². The van der Waals surface area contributed by atoms with E-state index in [1.54, 1.807) is 36.2 Å². The number of carbonyl (C=O) groups excluding carboxylic acids is 3. The number of para-hydroxylation sites is 1. The lowest BCUT2D eigenvalue weighted by Crippen LogP contribution is -2.28. The van der Waals surface area contributed by atoms with Gasteiger partial charge in [-0.1, -0.05) is 12.1 Å². The second kappa shape index (κ2) is 7.70. The number of hydrogen-bond donors (Lipinski definition) is 2. The lowest BCUT2D eigenvalue weighted by Gasteiger charge is -2.18. The molecule has 1 saturated heterocycles. The van der Waals surface area contributed by atoms with Crippen molar-refractivity contribution in [2.45, 2.75) is 6.42 Å². The zero-order valence-corrected chi connectivity index (χ0v) is 15.7. The van der Waals surface area contributed by atoms with Crippen LogP contribution in [0.2, 0.25) is 0 Å². The molecule has 26 heavy (non-hydrogen) atoms. The van der Waals surface area contributed by atoms with Gasteiger partial charge in [0.05, 0.1) is 11.6 Å². The van der Waals surface area contributed by atoms with Crippen LogP contribution in [-0.4, -0.2) is 31.3 Å². The van der Waals surface area contributed by atoms with E-state index in [1.807, 2.05) is 24.3 Å². The van der Waals surface area contributed by atoms with Gasteiger partial charge >= 0.3 is 0 Å². The summed E-state index contributed by atoms with van der Waals surface area (Å²) in [5.74, 6) is -0.894. The molecule has 1 heterocycles. The molecule has 2 N–H and O–H groups in total. The number of hydrogen-bond acceptors (Lipinski definition) is 3. The van der Waals surface area contributed by atoms with Gasteiger partial charge in [0.2, 0.25) is 11.8 Å². The van der Waals surface area contributed by atoms with Gasteiger partial charge in [0, 0.05) is 35.7 Å². The van der Waals surface area contributed by atoms with Crippen molar-refractivity contribution in [1.82, 2.24) is 5.32 Å². The predicted molar refractivity (Wildman–Crippen MR) is 103 cm³/mol. The number of anilines is 2. The molecule has 1 atom stereocenters. The molecule has 0 bridgehead atoms. The van der Waals surface area contributed by atoms with Crippen molar-refractivity contribution < 1.29 is 14.4 Å². The second-order valence-electron chi connectivity index (χ2n) is 6.00. The summed E-state index contributed by atoms with van der Waals surface area (Å²) in [5, 5.41) is 5.36. The van der Waals surface area contributed by atoms with Crippen LogP contribution in [0.5, 0.6) is 0 Å². The van der Waals surface area contributed by atoms with E-state index in [1.165, 1.54) is 0 Å². The molecule has 3 amide bonds. The van der Waals surface area contributed by atoms with Gasteiger partial charge in [-0.15, -0.1) is 0 Å². The lowest BCUT2D eigenvalue weighted by molar-refractivity contribution is -0.122. The third-order valence-electron chi connectivity index (χ3n) is 4.28. The van der Waals surface area contributed by atoms with Gasteiger partial charge in [0.1, 0.15) is 0 Å². The van der Waals surface area contributed by atoms with Crippen molar-refractivity contribution >= 4 is 45.0 Å². The smallest absolute Gasteiger partial charge is 0.251 e. The van der Waals surface area contributed by atoms with Crippen LogP contribution in [0.4, 0.5) is 11.4 Å². The first kappa shape index (κ1) is 18.1. The Morgan fingerprint density at radius 1 is 1.12 bits per heavy atom. The highest BCUT2D eigenvalue weighted by molar-refractivity contribution is 9.10. The molecule has 3 rings (SSSR count). The average Bonchev–Trinajstić information content (AvgIpc) is 3.04. The fourth-order valence-electron chi connectivity index (χ4n) is 2.88. The number of carbonyl (C=O) groups is 3. The van der Waals surface area contributed by atoms with Crippen molar-refractivity contribution in [2.24, 2.45) is 5.92 Å². The largest absolute Gasteiger partial charge is 0.355 e. The maximum Gasteiger partial charge on any atom is 0.251 e. The van der Waals surface area contributed by atoms with E-state index in [0.717, 1.165) is 10.2 Å². The highest BCUT2D eigenvalue weighted by Crippen LogP contribution is 2.31. The Morgan fingerprint density at radius 2 is 1.81 bits per heavy atom. The van der Waals surface area contributed by atoms with Crippen LogP contribution in [0.25, 0.3) is 0 Å². The van der Waals surface area contributed by atoms with Crippen molar-refractivity contribution in [3.63, 3.8) is 0 Å². The van der Waals surface area contributed by atoms with Gasteiger partial charge in [0.15, 0.2) is 0 Å². The molecule has 2 aromatic rings. The van der Waals surface area contributed by atoms with Gasteiger partial charge in [-0.25, -0.2) is 0 Å². The number of amides is 3. The van der Waals surface area contributed by atoms with Gasteiger partial charge in [-0.05, 0) is 52.3 Å². The zero-order chi connectivity index (χ0) is 18.7. The van der Waals surface area contributed by atoms with Crippen LogP contribution in [0.3, 0.4) is 0 Å². The monoisotopic (exact) mass is 415 g/mol. The summed E-state index contributed by atoms with van der Waals surface area (Å²) in [6.45, 7) is 0.337. The van der Waals surface area contributed by atoms with Crippen molar-refractivity contribution in [2.75, 3.05) is 23.8 Å². The first-order valence-corrected chi connectivity index (χ1v) is 8.97. The third kappa shape index (κ3) is 3.77. The molecule has 1 aliphatic heterocycles. The summed E-state index contributed by atoms with van der Waals surface area (Å²) in [6.07, 6.45) is 0.170. The summed E-state index contributed by atoms with van der Waals surface area (Å²) in [5.41, 5.74) is 1.87. The molecule has 7 heteroatoms. The molecule has 0 aromatic heterocycles. The highest BCUT2D eigenvalue weighted by atomic mass is 79.9. The molecule has 134 valence electrons. The summed E-state index contributed by atoms with van der Waals surface area (Å²) in [4.78, 5) is 38.0. The zero-order valence-electron chi connectivity index (χ0n) is 14.2. The Morgan fingerprint density at radius 3 is 2.46 bits per heavy atom. The Hall–Kier alpha value is -2.67. The summed E-state index contributed by atoms with van der Waals surface area (Å²) in [7, 11) is 1.56. The minimum atomic E-state index is -0.423. The van der Waals surface area contributed by atoms with Crippen LogP contribution in [-0.2, 0) is 9.59 Å². The molecule has 0 aliphatic carbocycles. The van der Waals surface area contributed by atoms with Crippen molar-refractivity contribution in [3.05, 3.63) is 58.6 Å². The Labute approximate surface area is 159 Å². The molecular weight excluding hydrogens is 398 g/mol. The van der Waals surface area contributed by atoms with E-state index < -0.39 is 5.92 Å². The minimum absolute atomic E-state index is 0.0768. The Bertz CT molecular complexity index is 851. The van der Waals surface area contributed by atoms with E-state index in [9.17, 15) is 14.4 Å². The predicted octanol–water partition coefficient (Wildman–Crippen LogP) is 2.80. The fourth-order valence-corrected chi connectivity index (χ4v) is 3.38. The SMILES string of the molecule is CNC(=O)c1ccc(NC(=O)C2CC(=O)N(c3ccccc3Br)C2)cc1. The Kier molecular flexibility index (Phi) is 5.37. The third-order valence-corrected chi connectivity index (χ3v) is 4.95. The molecule has 2 aromatic carbocycles. The minimum Gasteiger partial charge on any atom is -0.355 e. The first-order chi connectivity index (χ1) is 12.5. The number of nitrogens with zero attached hydrogens (tertiary/aromatic N) is 1. The van der Waals surface area contributed by atoms with Gasteiger partial charge in [0.25, 0.3) is 5.91 Å². The van der Waals surface area contributed by atoms with Crippen LogP contribution >= 0.6 is 15.9 Å². The van der Waals surface area contributed by atoms with E-state index in [-0.39, 0.29) is 24.1 Å². The molecule has 0 radical (unpaired) electrons. The molecule has 0 saturated carbocycles. The number of rotatable bonds is 4. The molecular formula is C19H18BrN3O3. The van der Waals surface area contributed by atoms with E-state index in [4.69, 9.17) is 0 Å². The van der Waals surface area contributed by atoms with Gasteiger partial charge in [-0.3, -0.25) is 14.4 Å². The quantitative estimate of drug-likeness (QED) is 0.805. The maximum atomic E-state index is 12.5. The van der Waals surface area contributed by atoms with E-state index in [2.05, 4.69) is 26.6 Å². The molecule has 1 unspecified atom stereocenters. The first-order valence-electron chi connectivity index (χ1n) is 8.17. The Balaban J connectivity index is 1.67. The normalized spacial score (nSPS) is 16.5. The molecule has 0 spiro atoms. The molecule has 6 nitrogen and oxygen atoms in total. The summed E-state index contributed by atoms with van der Waals surface area (Å²) < 4.78 is 0.819. The number of nitrogens with one attached hydrogen (secondary N) is 2. The van der Waals surface area contributed by atoms with E-state index >= 15 is 0 Å². The van der Waals surface area contributed by atoms with Crippen LogP contribution in [0.15, 0.2) is 53.0 Å². The fraction of sp³-hybridized carbons (Fsp3) is 0.211. The number of halogens is 1. The summed E-state index contributed by atoms with van der Waals surface area (Å²) >= 11 is 3.44. The second-order valence-corrected chi connectivity index (χ2v) is 6.86. The van der Waals surface area contributed by atoms with Gasteiger partial charge in [-0.2, -0.15) is 0 Å². The van der Waals surface area contributed by atoms with Gasteiger partial charge < -0.3 is 15.5 Å². The topological polar surface area (TPSA) is 78.5 Å². The summed E-state index contributed by atoms with van der Waals surface area (Å²) in [6, 6.07) is 14.1. The van der Waals surface area contributed by atoms with Crippen molar-refractivity contribution in [1.29, 1.82) is 0 Å². The maximum absolute atomic E-state index is 12.5. The van der Waals surface area contributed by atoms with Crippen LogP contribution < -0.4 is 15.5 Å². The highest BCUT2D eigenvalue weighted by Gasteiger charge is 2.35. The molecule has 1 aliphatic rings. The van der Waals surface area contributed by atoms with Crippen LogP contribution in [0.1, 0.15) is 16.8 Å². The van der Waals surface area contributed by atoms with Crippen LogP contribution in [0, 0.1) is 5.92 Å². The lowest BCUT2D eigenvalue weighted by atomic mass is 10.1. The van der Waals surface area contributed by atoms with E-state index in [0.29, 0.717) is 17.8 Å². The average molecular weight is 416 g/mol. The standard InChI is InChI=1S/C19H18BrN3O3/c1-21-18(25)12-6-8-14(9-7-12)22-19(26)13-10-17(24)23(11-13)16-5-3-2-4-15(16)20/h2-9,13H,10-11H2,1H3,(H,21,25)(H,22,26). The molecule has 1 fully saturated rings. The number of benzene rings is 2.